The molecular weight excluding hydrogens is 176 g/mol. The molecule has 0 aliphatic rings. The Bertz CT molecular complexity index is 313. The van der Waals surface area contributed by atoms with E-state index in [9.17, 15) is 4.79 Å². The van der Waals surface area contributed by atoms with Crippen LogP contribution in [0.1, 0.15) is 39.2 Å². The number of rotatable bonds is 4. The smallest absolute Gasteiger partial charge is 0.156 e. The number of carbonyl (C=O) groups is 1. The molecule has 0 saturated carbocycles. The predicted molar refractivity (Wildman–Crippen MR) is 56.2 cm³/mol. The number of carbonyl (C=O) groups excluding carboxylic acids is 1. The van der Waals surface area contributed by atoms with Gasteiger partial charge in [-0.2, -0.15) is 5.10 Å². The lowest BCUT2D eigenvalue weighted by atomic mass is 10.1. The molecule has 1 aromatic rings. The van der Waals surface area contributed by atoms with Gasteiger partial charge in [-0.05, 0) is 11.5 Å². The molecule has 3 heteroatoms. The Morgan fingerprint density at radius 1 is 1.43 bits per heavy atom. The molecular formula is C11H18N2O. The summed E-state index contributed by atoms with van der Waals surface area (Å²) >= 11 is 0. The molecule has 1 rings (SSSR count). The van der Waals surface area contributed by atoms with E-state index in [-0.39, 0.29) is 11.7 Å². The molecule has 0 aromatic carbocycles. The van der Waals surface area contributed by atoms with Gasteiger partial charge in [0.05, 0.1) is 12.7 Å². The molecule has 0 atom stereocenters. The third-order valence-corrected chi connectivity index (χ3v) is 2.28. The normalized spacial score (nSPS) is 11.3. The minimum atomic E-state index is 0.0849. The fourth-order valence-electron chi connectivity index (χ4n) is 1.11. The van der Waals surface area contributed by atoms with Crippen molar-refractivity contribution in [1.29, 1.82) is 0 Å². The molecule has 78 valence electrons. The Kier molecular flexibility index (Phi) is 3.44. The van der Waals surface area contributed by atoms with Gasteiger partial charge < -0.3 is 0 Å². The van der Waals surface area contributed by atoms with Crippen LogP contribution < -0.4 is 0 Å². The van der Waals surface area contributed by atoms with Crippen LogP contribution in [-0.4, -0.2) is 15.6 Å². The van der Waals surface area contributed by atoms with Crippen molar-refractivity contribution in [2.75, 3.05) is 0 Å². The Balaban J connectivity index is 2.64. The Morgan fingerprint density at radius 3 is 2.50 bits per heavy atom. The first-order chi connectivity index (χ1) is 6.50. The lowest BCUT2D eigenvalue weighted by molar-refractivity contribution is -0.122. The Morgan fingerprint density at radius 2 is 2.07 bits per heavy atom. The molecule has 0 saturated heterocycles. The van der Waals surface area contributed by atoms with Crippen LogP contribution in [0.15, 0.2) is 12.4 Å². The summed E-state index contributed by atoms with van der Waals surface area (Å²) in [4.78, 5) is 11.4. The van der Waals surface area contributed by atoms with Crippen molar-refractivity contribution in [3.05, 3.63) is 18.0 Å². The highest BCUT2D eigenvalue weighted by atomic mass is 16.1. The van der Waals surface area contributed by atoms with Crippen LogP contribution in [0.3, 0.4) is 0 Å². The van der Waals surface area contributed by atoms with Gasteiger partial charge >= 0.3 is 0 Å². The second kappa shape index (κ2) is 4.40. The number of Topliss-reactive ketones (excluding diaryl/α,β-unsaturated/α-hetero) is 1. The van der Waals surface area contributed by atoms with Gasteiger partial charge in [-0.3, -0.25) is 9.48 Å². The van der Waals surface area contributed by atoms with E-state index in [0.29, 0.717) is 12.5 Å². The van der Waals surface area contributed by atoms with Gasteiger partial charge in [-0.1, -0.05) is 27.7 Å². The maximum absolute atomic E-state index is 11.4. The van der Waals surface area contributed by atoms with Gasteiger partial charge in [-0.25, -0.2) is 0 Å². The van der Waals surface area contributed by atoms with E-state index >= 15 is 0 Å². The Labute approximate surface area is 85.1 Å². The molecule has 1 heterocycles. The summed E-state index contributed by atoms with van der Waals surface area (Å²) in [5, 5.41) is 4.16. The average molecular weight is 194 g/mol. The first-order valence-electron chi connectivity index (χ1n) is 5.05. The Hall–Kier alpha value is -1.12. The molecule has 0 bridgehead atoms. The van der Waals surface area contributed by atoms with Crippen LogP contribution in [0.25, 0.3) is 0 Å². The minimum absolute atomic E-state index is 0.0849. The number of aromatic nitrogens is 2. The fourth-order valence-corrected chi connectivity index (χ4v) is 1.11. The third kappa shape index (κ3) is 2.69. The molecule has 0 amide bonds. The highest BCUT2D eigenvalue weighted by Gasteiger charge is 2.09. The summed E-state index contributed by atoms with van der Waals surface area (Å²) in [5.41, 5.74) is 1.18. The largest absolute Gasteiger partial charge is 0.297 e. The van der Waals surface area contributed by atoms with Gasteiger partial charge in [0.1, 0.15) is 0 Å². The molecule has 0 aliphatic heterocycles. The van der Waals surface area contributed by atoms with Crippen molar-refractivity contribution in [1.82, 2.24) is 9.78 Å². The van der Waals surface area contributed by atoms with E-state index in [1.807, 2.05) is 26.2 Å². The van der Waals surface area contributed by atoms with Gasteiger partial charge in [0.25, 0.3) is 0 Å². The predicted octanol–water partition coefficient (Wildman–Crippen LogP) is 2.23. The zero-order valence-corrected chi connectivity index (χ0v) is 9.32. The number of hydrogen-bond donors (Lipinski definition) is 0. The number of ketones is 1. The molecule has 0 unspecified atom stereocenters. The number of nitrogens with zero attached hydrogens (tertiary/aromatic N) is 2. The lowest BCUT2D eigenvalue weighted by Crippen LogP contribution is -2.15. The van der Waals surface area contributed by atoms with Crippen molar-refractivity contribution in [3.63, 3.8) is 0 Å². The van der Waals surface area contributed by atoms with Crippen LogP contribution in [0, 0.1) is 5.92 Å². The van der Waals surface area contributed by atoms with Crippen LogP contribution in [0.2, 0.25) is 0 Å². The van der Waals surface area contributed by atoms with Crippen molar-refractivity contribution >= 4 is 5.78 Å². The minimum Gasteiger partial charge on any atom is -0.297 e. The topological polar surface area (TPSA) is 34.9 Å². The zero-order valence-electron chi connectivity index (χ0n) is 9.32. The summed E-state index contributed by atoms with van der Waals surface area (Å²) in [6, 6.07) is 0. The monoisotopic (exact) mass is 194 g/mol. The number of hydrogen-bond acceptors (Lipinski definition) is 2. The molecule has 1 aromatic heterocycles. The van der Waals surface area contributed by atoms with E-state index in [2.05, 4.69) is 18.9 Å². The van der Waals surface area contributed by atoms with E-state index in [4.69, 9.17) is 0 Å². The van der Waals surface area contributed by atoms with Crippen LogP contribution >= 0.6 is 0 Å². The maximum Gasteiger partial charge on any atom is 0.156 e. The van der Waals surface area contributed by atoms with Crippen molar-refractivity contribution in [3.8, 4) is 0 Å². The average Bonchev–Trinajstić information content (AvgIpc) is 2.52. The molecule has 14 heavy (non-hydrogen) atoms. The zero-order chi connectivity index (χ0) is 10.7. The van der Waals surface area contributed by atoms with E-state index in [0.717, 1.165) is 0 Å². The second-order valence-electron chi connectivity index (χ2n) is 4.25. The second-order valence-corrected chi connectivity index (χ2v) is 4.25. The third-order valence-electron chi connectivity index (χ3n) is 2.28. The maximum atomic E-state index is 11.4. The summed E-state index contributed by atoms with van der Waals surface area (Å²) in [6.45, 7) is 8.45. The van der Waals surface area contributed by atoms with Crippen LogP contribution in [-0.2, 0) is 11.3 Å². The van der Waals surface area contributed by atoms with E-state index in [1.165, 1.54) is 5.56 Å². The van der Waals surface area contributed by atoms with Gasteiger partial charge in [0.15, 0.2) is 5.78 Å². The molecule has 0 fully saturated rings. The van der Waals surface area contributed by atoms with Gasteiger partial charge in [-0.15, -0.1) is 0 Å². The van der Waals surface area contributed by atoms with Crippen molar-refractivity contribution < 1.29 is 4.79 Å². The molecule has 0 N–H and O–H groups in total. The highest BCUT2D eigenvalue weighted by Crippen LogP contribution is 2.12. The molecule has 0 aliphatic carbocycles. The first kappa shape index (κ1) is 11.0. The van der Waals surface area contributed by atoms with Crippen LogP contribution in [0.4, 0.5) is 0 Å². The molecule has 3 nitrogen and oxygen atoms in total. The fraction of sp³-hybridized carbons (Fsp3) is 0.636. The van der Waals surface area contributed by atoms with Crippen molar-refractivity contribution in [2.45, 2.75) is 40.2 Å². The quantitative estimate of drug-likeness (QED) is 0.736. The van der Waals surface area contributed by atoms with Crippen LogP contribution in [0.5, 0.6) is 0 Å². The summed E-state index contributed by atoms with van der Waals surface area (Å²) < 4.78 is 1.72. The SMILES string of the molecule is CC(C)C(=O)Cn1cc(C(C)C)cn1. The summed E-state index contributed by atoms with van der Waals surface area (Å²) in [7, 11) is 0. The molecule has 0 radical (unpaired) electrons. The van der Waals surface area contributed by atoms with Gasteiger partial charge in [0.2, 0.25) is 0 Å². The van der Waals surface area contributed by atoms with Gasteiger partial charge in [0, 0.05) is 12.1 Å². The lowest BCUT2D eigenvalue weighted by Gasteiger charge is -2.03. The van der Waals surface area contributed by atoms with E-state index < -0.39 is 0 Å². The standard InChI is InChI=1S/C11H18N2O/c1-8(2)10-5-12-13(6-10)7-11(14)9(3)4/h5-6,8-9H,7H2,1-4H3. The van der Waals surface area contributed by atoms with E-state index in [1.54, 1.807) is 4.68 Å². The first-order valence-corrected chi connectivity index (χ1v) is 5.05. The highest BCUT2D eigenvalue weighted by molar-refractivity contribution is 5.79. The van der Waals surface area contributed by atoms with Crippen molar-refractivity contribution in [2.24, 2.45) is 5.92 Å². The summed E-state index contributed by atoms with van der Waals surface area (Å²) in [5.74, 6) is 0.781. The molecule has 0 spiro atoms. The summed E-state index contributed by atoms with van der Waals surface area (Å²) in [6.07, 6.45) is 3.78.